The smallest absolute Gasteiger partial charge is 0.353 e. The Bertz CT molecular complexity index is 887. The highest BCUT2D eigenvalue weighted by Gasteiger charge is 2.37. The van der Waals surface area contributed by atoms with Crippen molar-refractivity contribution in [3.05, 3.63) is 42.2 Å². The number of aromatic nitrogens is 6. The minimum Gasteiger partial charge on any atom is -0.353 e. The number of piperazine rings is 1. The zero-order chi connectivity index (χ0) is 18.1. The van der Waals surface area contributed by atoms with Crippen LogP contribution in [0, 0.1) is 0 Å². The van der Waals surface area contributed by atoms with Crippen LogP contribution in [0.15, 0.2) is 30.7 Å². The molecule has 11 heteroatoms. The zero-order valence-electron chi connectivity index (χ0n) is 13.6. The molecule has 1 fully saturated rings. The van der Waals surface area contributed by atoms with Crippen LogP contribution in [0.1, 0.15) is 11.5 Å². The van der Waals surface area contributed by atoms with E-state index in [4.69, 9.17) is 0 Å². The predicted octanol–water partition coefficient (Wildman–Crippen LogP) is 1.26. The third kappa shape index (κ3) is 3.29. The van der Waals surface area contributed by atoms with E-state index in [9.17, 15) is 13.2 Å². The van der Waals surface area contributed by atoms with Gasteiger partial charge < -0.3 is 4.90 Å². The van der Waals surface area contributed by atoms with Crippen LogP contribution in [0.4, 0.5) is 19.0 Å². The highest BCUT2D eigenvalue weighted by Crippen LogP contribution is 2.28. The average molecular weight is 364 g/mol. The van der Waals surface area contributed by atoms with Gasteiger partial charge in [-0.2, -0.15) is 17.7 Å². The summed E-state index contributed by atoms with van der Waals surface area (Å²) in [5.41, 5.74) is 0.960. The summed E-state index contributed by atoms with van der Waals surface area (Å²) >= 11 is 0. The number of rotatable bonds is 3. The number of alkyl halides is 3. The third-order valence-corrected chi connectivity index (χ3v) is 4.20. The average Bonchev–Trinajstić information content (AvgIpc) is 3.07. The highest BCUT2D eigenvalue weighted by atomic mass is 19.4. The minimum absolute atomic E-state index is 0.0716. The maximum atomic E-state index is 13.0. The van der Waals surface area contributed by atoms with Gasteiger partial charge in [-0.05, 0) is 12.1 Å². The van der Waals surface area contributed by atoms with Gasteiger partial charge in [-0.1, -0.05) is 0 Å². The number of hydrogen-bond donors (Lipinski definition) is 0. The molecule has 0 aliphatic carbocycles. The number of halogens is 3. The number of nitrogens with zero attached hydrogens (tertiary/aromatic N) is 8. The summed E-state index contributed by atoms with van der Waals surface area (Å²) in [5, 5.41) is 10.8. The normalized spacial score (nSPS) is 16.3. The fourth-order valence-corrected chi connectivity index (χ4v) is 2.90. The third-order valence-electron chi connectivity index (χ3n) is 4.20. The van der Waals surface area contributed by atoms with Gasteiger partial charge >= 0.3 is 6.18 Å². The lowest BCUT2D eigenvalue weighted by atomic mass is 10.3. The van der Waals surface area contributed by atoms with Crippen molar-refractivity contribution >= 4 is 11.5 Å². The molecule has 8 nitrogen and oxygen atoms in total. The Kier molecular flexibility index (Phi) is 4.15. The fraction of sp³-hybridized carbons (Fsp3) is 0.400. The van der Waals surface area contributed by atoms with E-state index in [-0.39, 0.29) is 5.65 Å². The Hall–Kier alpha value is -2.82. The van der Waals surface area contributed by atoms with Crippen LogP contribution < -0.4 is 4.90 Å². The zero-order valence-corrected chi connectivity index (χ0v) is 13.6. The Morgan fingerprint density at radius 2 is 1.81 bits per heavy atom. The van der Waals surface area contributed by atoms with Gasteiger partial charge in [0.05, 0.1) is 5.69 Å². The maximum Gasteiger partial charge on any atom is 0.453 e. The number of fused-ring (bicyclic) bond motifs is 1. The SMILES string of the molecule is FC(F)(F)c1nnc2ccc(N3CCN(Cc4cnccn4)CC3)nn12. The Morgan fingerprint density at radius 3 is 2.50 bits per heavy atom. The van der Waals surface area contributed by atoms with Gasteiger partial charge in [-0.25, -0.2) is 0 Å². The second-order valence-corrected chi connectivity index (χ2v) is 5.94. The maximum absolute atomic E-state index is 13.0. The Balaban J connectivity index is 1.47. The minimum atomic E-state index is -4.60. The van der Waals surface area contributed by atoms with E-state index in [2.05, 4.69) is 30.2 Å². The molecular formula is C15H15F3N8. The van der Waals surface area contributed by atoms with E-state index in [1.54, 1.807) is 24.7 Å². The van der Waals surface area contributed by atoms with Crippen molar-refractivity contribution in [2.75, 3.05) is 31.1 Å². The van der Waals surface area contributed by atoms with E-state index < -0.39 is 12.0 Å². The molecule has 1 aliphatic rings. The first kappa shape index (κ1) is 16.6. The second-order valence-electron chi connectivity index (χ2n) is 5.94. The molecule has 3 aromatic rings. The van der Waals surface area contributed by atoms with Crippen LogP contribution in [-0.4, -0.2) is 60.9 Å². The molecule has 3 aromatic heterocycles. The standard InChI is InChI=1S/C15H15F3N8/c16-15(17,18)14-22-21-12-1-2-13(23-26(12)14)25-7-5-24(6-8-25)10-11-9-19-3-4-20-11/h1-4,9H,5-8,10H2. The first-order valence-corrected chi connectivity index (χ1v) is 8.02. The number of hydrogen-bond acceptors (Lipinski definition) is 7. The van der Waals surface area contributed by atoms with E-state index in [0.717, 1.165) is 23.3 Å². The van der Waals surface area contributed by atoms with Gasteiger partial charge in [-0.15, -0.1) is 15.3 Å². The van der Waals surface area contributed by atoms with Crippen LogP contribution in [0.25, 0.3) is 5.65 Å². The lowest BCUT2D eigenvalue weighted by molar-refractivity contribution is -0.146. The van der Waals surface area contributed by atoms with E-state index in [1.165, 1.54) is 6.07 Å². The molecule has 1 saturated heterocycles. The molecule has 26 heavy (non-hydrogen) atoms. The lowest BCUT2D eigenvalue weighted by Crippen LogP contribution is -2.46. The van der Waals surface area contributed by atoms with Crippen molar-refractivity contribution in [3.63, 3.8) is 0 Å². The molecule has 4 heterocycles. The quantitative estimate of drug-likeness (QED) is 0.692. The summed E-state index contributed by atoms with van der Waals surface area (Å²) < 4.78 is 39.7. The first-order chi connectivity index (χ1) is 12.5. The topological polar surface area (TPSA) is 75.3 Å². The summed E-state index contributed by atoms with van der Waals surface area (Å²) in [6, 6.07) is 3.17. The molecule has 0 bridgehead atoms. The lowest BCUT2D eigenvalue weighted by Gasteiger charge is -2.35. The molecular weight excluding hydrogens is 349 g/mol. The summed E-state index contributed by atoms with van der Waals surface area (Å²) in [6.07, 6.45) is 0.415. The molecule has 0 N–H and O–H groups in total. The Labute approximate surface area is 146 Å². The van der Waals surface area contributed by atoms with Crippen molar-refractivity contribution in [2.24, 2.45) is 0 Å². The van der Waals surface area contributed by atoms with Crippen molar-refractivity contribution < 1.29 is 13.2 Å². The molecule has 0 aromatic carbocycles. The van der Waals surface area contributed by atoms with Crippen LogP contribution in [0.3, 0.4) is 0 Å². The van der Waals surface area contributed by atoms with E-state index in [0.29, 0.717) is 25.5 Å². The molecule has 0 spiro atoms. The fourth-order valence-electron chi connectivity index (χ4n) is 2.90. The number of anilines is 1. The predicted molar refractivity (Wildman–Crippen MR) is 85.3 cm³/mol. The molecule has 4 rings (SSSR count). The van der Waals surface area contributed by atoms with Gasteiger partial charge in [0, 0.05) is 51.3 Å². The van der Waals surface area contributed by atoms with Crippen LogP contribution in [0.5, 0.6) is 0 Å². The Morgan fingerprint density at radius 1 is 1.00 bits per heavy atom. The van der Waals surface area contributed by atoms with Crippen molar-refractivity contribution in [3.8, 4) is 0 Å². The highest BCUT2D eigenvalue weighted by molar-refractivity contribution is 5.46. The largest absolute Gasteiger partial charge is 0.453 e. The molecule has 136 valence electrons. The van der Waals surface area contributed by atoms with Crippen LogP contribution in [0.2, 0.25) is 0 Å². The van der Waals surface area contributed by atoms with Crippen molar-refractivity contribution in [1.82, 2.24) is 34.7 Å². The van der Waals surface area contributed by atoms with Gasteiger partial charge in [0.15, 0.2) is 5.65 Å². The molecule has 0 radical (unpaired) electrons. The van der Waals surface area contributed by atoms with E-state index >= 15 is 0 Å². The molecule has 0 unspecified atom stereocenters. The van der Waals surface area contributed by atoms with Crippen LogP contribution >= 0.6 is 0 Å². The summed E-state index contributed by atoms with van der Waals surface area (Å²) in [5.74, 6) is -0.641. The van der Waals surface area contributed by atoms with Crippen molar-refractivity contribution in [1.29, 1.82) is 0 Å². The van der Waals surface area contributed by atoms with E-state index in [1.807, 2.05) is 4.90 Å². The molecule has 0 atom stereocenters. The van der Waals surface area contributed by atoms with Gasteiger partial charge in [0.25, 0.3) is 5.82 Å². The summed E-state index contributed by atoms with van der Waals surface area (Å²) in [6.45, 7) is 3.51. The van der Waals surface area contributed by atoms with Gasteiger partial charge in [0.2, 0.25) is 0 Å². The van der Waals surface area contributed by atoms with Crippen LogP contribution in [-0.2, 0) is 12.7 Å². The first-order valence-electron chi connectivity index (χ1n) is 8.02. The monoisotopic (exact) mass is 364 g/mol. The summed E-state index contributed by atoms with van der Waals surface area (Å²) in [7, 11) is 0. The van der Waals surface area contributed by atoms with Gasteiger partial charge in [0.1, 0.15) is 5.82 Å². The molecule has 1 aliphatic heterocycles. The van der Waals surface area contributed by atoms with Gasteiger partial charge in [-0.3, -0.25) is 14.9 Å². The molecule has 0 saturated carbocycles. The second kappa shape index (κ2) is 6.48. The van der Waals surface area contributed by atoms with Crippen molar-refractivity contribution in [2.45, 2.75) is 12.7 Å². The molecule has 0 amide bonds. The summed E-state index contributed by atoms with van der Waals surface area (Å²) in [4.78, 5) is 12.5.